The van der Waals surface area contributed by atoms with Gasteiger partial charge in [0.1, 0.15) is 11.1 Å². The highest BCUT2D eigenvalue weighted by Crippen LogP contribution is 2.41. The van der Waals surface area contributed by atoms with Crippen molar-refractivity contribution in [1.82, 2.24) is 24.8 Å². The molecule has 1 saturated heterocycles. The highest BCUT2D eigenvalue weighted by Gasteiger charge is 2.38. The first-order valence-electron chi connectivity index (χ1n) is 14.0. The number of nitrogens with zero attached hydrogens (tertiary/aromatic N) is 4. The maximum Gasteiger partial charge on any atom is 0.416 e. The molecule has 1 saturated carbocycles. The second kappa shape index (κ2) is 11.7. The molecular formula is C29H32F3N5O3S. The van der Waals surface area contributed by atoms with Crippen LogP contribution in [0.3, 0.4) is 0 Å². The van der Waals surface area contributed by atoms with E-state index in [1.165, 1.54) is 12.1 Å². The first kappa shape index (κ1) is 28.0. The Morgan fingerprint density at radius 3 is 2.59 bits per heavy atom. The van der Waals surface area contributed by atoms with Gasteiger partial charge in [-0.25, -0.2) is 19.2 Å². The summed E-state index contributed by atoms with van der Waals surface area (Å²) < 4.78 is 67.4. The van der Waals surface area contributed by atoms with Crippen LogP contribution in [0.1, 0.15) is 55.7 Å². The second-order valence-electron chi connectivity index (χ2n) is 11.1. The van der Waals surface area contributed by atoms with E-state index >= 15 is 0 Å². The van der Waals surface area contributed by atoms with Gasteiger partial charge in [0.2, 0.25) is 0 Å². The molecule has 0 radical (unpaired) electrons. The van der Waals surface area contributed by atoms with Crippen LogP contribution in [-0.4, -0.2) is 58.7 Å². The maximum absolute atomic E-state index is 12.8. The lowest BCUT2D eigenvalue weighted by Gasteiger charge is -2.42. The van der Waals surface area contributed by atoms with Crippen molar-refractivity contribution in [3.63, 3.8) is 0 Å². The summed E-state index contributed by atoms with van der Waals surface area (Å²) >= 11 is -2.01. The molecule has 3 atom stereocenters. The van der Waals surface area contributed by atoms with Crippen LogP contribution in [0, 0.1) is 11.8 Å². The topological polar surface area (TPSA) is 104 Å². The third-order valence-corrected chi connectivity index (χ3v) is 9.67. The number of halogens is 3. The molecule has 0 amide bonds. The van der Waals surface area contributed by atoms with Crippen LogP contribution in [-0.2, 0) is 17.3 Å². The molecule has 2 N–H and O–H groups in total. The largest absolute Gasteiger partial charge is 0.493 e. The lowest BCUT2D eigenvalue weighted by Crippen LogP contribution is -2.49. The van der Waals surface area contributed by atoms with E-state index in [0.29, 0.717) is 24.5 Å². The fourth-order valence-electron chi connectivity index (χ4n) is 6.60. The van der Waals surface area contributed by atoms with Gasteiger partial charge in [-0.1, -0.05) is 0 Å². The molecule has 218 valence electrons. The molecule has 2 fully saturated rings. The van der Waals surface area contributed by atoms with E-state index < -0.39 is 28.2 Å². The molecule has 41 heavy (non-hydrogen) atoms. The molecule has 3 aromatic heterocycles. The summed E-state index contributed by atoms with van der Waals surface area (Å²) in [5, 5.41) is 1.57. The van der Waals surface area contributed by atoms with Gasteiger partial charge < -0.3 is 14.3 Å². The maximum atomic E-state index is 12.8. The van der Waals surface area contributed by atoms with Crippen LogP contribution < -0.4 is 4.74 Å². The minimum Gasteiger partial charge on any atom is -0.493 e. The summed E-state index contributed by atoms with van der Waals surface area (Å²) in [6.45, 7) is 1.71. The van der Waals surface area contributed by atoms with Crippen LogP contribution in [0.4, 0.5) is 13.2 Å². The van der Waals surface area contributed by atoms with Crippen molar-refractivity contribution in [2.45, 2.75) is 56.0 Å². The van der Waals surface area contributed by atoms with Gasteiger partial charge in [-0.15, -0.1) is 0 Å². The molecule has 1 aromatic carbocycles. The SMILES string of the molecule is O=S(O)C(C1CCC(c2[nH]cnc3cnc4nccc4c23)CC1)N1CCCC(COc2ccc(C(F)(F)F)cc2)C1. The highest BCUT2D eigenvalue weighted by molar-refractivity contribution is 7.79. The molecule has 8 nitrogen and oxygen atoms in total. The number of aromatic amines is 1. The van der Waals surface area contributed by atoms with Gasteiger partial charge >= 0.3 is 6.18 Å². The molecule has 12 heteroatoms. The summed E-state index contributed by atoms with van der Waals surface area (Å²) in [4.78, 5) is 18.7. The third-order valence-electron chi connectivity index (χ3n) is 8.57. The number of likely N-dealkylation sites (tertiary alicyclic amines) is 1. The van der Waals surface area contributed by atoms with Crippen LogP contribution >= 0.6 is 0 Å². The zero-order chi connectivity index (χ0) is 28.6. The molecule has 0 spiro atoms. The number of alkyl halides is 3. The first-order chi connectivity index (χ1) is 19.8. The number of aromatic nitrogens is 4. The molecule has 6 rings (SSSR count). The summed E-state index contributed by atoms with van der Waals surface area (Å²) in [6.07, 6.45) is 6.05. The van der Waals surface area contributed by atoms with Crippen molar-refractivity contribution in [1.29, 1.82) is 0 Å². The van der Waals surface area contributed by atoms with Gasteiger partial charge in [0.05, 0.1) is 30.2 Å². The van der Waals surface area contributed by atoms with E-state index in [1.807, 2.05) is 6.07 Å². The number of H-pyrrole nitrogens is 1. The highest BCUT2D eigenvalue weighted by atomic mass is 32.2. The molecular weight excluding hydrogens is 555 g/mol. The van der Waals surface area contributed by atoms with Crippen molar-refractivity contribution in [3.8, 4) is 5.75 Å². The number of ether oxygens (including phenoxy) is 1. The van der Waals surface area contributed by atoms with Crippen molar-refractivity contribution >= 4 is 33.0 Å². The number of rotatable bonds is 7. The average molecular weight is 588 g/mol. The minimum absolute atomic E-state index is 0.0852. The summed E-state index contributed by atoms with van der Waals surface area (Å²) in [6, 6.07) is 6.69. The van der Waals surface area contributed by atoms with Crippen LogP contribution in [0.15, 0.2) is 49.1 Å². The van der Waals surface area contributed by atoms with Gasteiger partial charge in [-0.3, -0.25) is 4.90 Å². The Kier molecular flexibility index (Phi) is 7.97. The standard InChI is InChI=1S/C29H32F3N5O3S/c30-29(31,32)21-7-9-22(10-8-21)40-16-18-2-1-13-37(15-18)28(41(38)39)20-5-3-19(4-6-20)26-25-23-11-12-33-27(23)34-14-24(25)35-17-36-26/h7-12,14,17-20,28H,1-6,13,15-16H2,(H,35,36)(H,38,39). The number of nitrogens with one attached hydrogen (secondary N) is 1. The Bertz CT molecular complexity index is 1520. The van der Waals surface area contributed by atoms with Gasteiger partial charge in [0.15, 0.2) is 16.7 Å². The normalized spacial score (nSPS) is 24.0. The minimum atomic E-state index is -4.38. The van der Waals surface area contributed by atoms with E-state index in [4.69, 9.17) is 4.74 Å². The molecule has 1 aliphatic heterocycles. The van der Waals surface area contributed by atoms with Crippen molar-refractivity contribution < 1.29 is 26.7 Å². The fourth-order valence-corrected chi connectivity index (χ4v) is 7.65. The molecule has 4 aromatic rings. The fraction of sp³-hybridized carbons (Fsp3) is 0.483. The summed E-state index contributed by atoms with van der Waals surface area (Å²) in [5.41, 5.74) is 1.94. The molecule has 3 unspecified atom stereocenters. The van der Waals surface area contributed by atoms with Crippen LogP contribution in [0.5, 0.6) is 5.75 Å². The van der Waals surface area contributed by atoms with E-state index in [-0.39, 0.29) is 17.8 Å². The zero-order valence-corrected chi connectivity index (χ0v) is 23.2. The zero-order valence-electron chi connectivity index (χ0n) is 22.4. The molecule has 2 aliphatic rings. The smallest absolute Gasteiger partial charge is 0.416 e. The predicted octanol–water partition coefficient (Wildman–Crippen LogP) is 6.14. The lowest BCUT2D eigenvalue weighted by molar-refractivity contribution is -0.137. The lowest BCUT2D eigenvalue weighted by atomic mass is 9.79. The van der Waals surface area contributed by atoms with Crippen molar-refractivity contribution in [2.24, 2.45) is 11.8 Å². The Balaban J connectivity index is 1.10. The number of pyridine rings is 1. The monoisotopic (exact) mass is 587 g/mol. The van der Waals surface area contributed by atoms with Gasteiger partial charge in [0.25, 0.3) is 0 Å². The van der Waals surface area contributed by atoms with E-state index in [9.17, 15) is 21.9 Å². The first-order valence-corrected chi connectivity index (χ1v) is 15.2. The van der Waals surface area contributed by atoms with Gasteiger partial charge in [0, 0.05) is 35.1 Å². The van der Waals surface area contributed by atoms with Crippen molar-refractivity contribution in [2.75, 3.05) is 19.7 Å². The average Bonchev–Trinajstić information content (AvgIpc) is 3.46. The molecule has 0 bridgehead atoms. The Hall–Kier alpha value is -3.09. The van der Waals surface area contributed by atoms with E-state index in [1.54, 1.807) is 18.7 Å². The number of benzene rings is 1. The van der Waals surface area contributed by atoms with E-state index in [0.717, 1.165) is 79.2 Å². The summed E-state index contributed by atoms with van der Waals surface area (Å²) in [5.74, 6) is 0.875. The second-order valence-corrected chi connectivity index (χ2v) is 12.2. The Morgan fingerprint density at radius 2 is 1.85 bits per heavy atom. The van der Waals surface area contributed by atoms with Gasteiger partial charge in [-0.05, 0) is 87.2 Å². The van der Waals surface area contributed by atoms with Crippen molar-refractivity contribution in [3.05, 3.63) is 60.3 Å². The number of hydrogen-bond acceptors (Lipinski definition) is 6. The number of fused-ring (bicyclic) bond motifs is 3. The van der Waals surface area contributed by atoms with Crippen LogP contribution in [0.25, 0.3) is 21.9 Å². The summed E-state index contributed by atoms with van der Waals surface area (Å²) in [7, 11) is 0. The Morgan fingerprint density at radius 1 is 1.07 bits per heavy atom. The Labute approximate surface area is 238 Å². The molecule has 4 heterocycles. The predicted molar refractivity (Wildman–Crippen MR) is 150 cm³/mol. The quantitative estimate of drug-likeness (QED) is 0.251. The third kappa shape index (κ3) is 5.96. The number of hydrogen-bond donors (Lipinski definition) is 2. The van der Waals surface area contributed by atoms with E-state index in [2.05, 4.69) is 24.8 Å². The van der Waals surface area contributed by atoms with Crippen LogP contribution in [0.2, 0.25) is 0 Å². The number of piperidine rings is 1. The van der Waals surface area contributed by atoms with Gasteiger partial charge in [-0.2, -0.15) is 13.2 Å². The molecule has 1 aliphatic carbocycles.